The number of nitriles is 1. The van der Waals surface area contributed by atoms with Crippen LogP contribution in [-0.2, 0) is 16.1 Å². The second-order valence-corrected chi connectivity index (χ2v) is 5.52. The molecule has 2 N–H and O–H groups in total. The highest BCUT2D eigenvalue weighted by atomic mass is 16.4. The van der Waals surface area contributed by atoms with Crippen LogP contribution < -0.4 is 5.32 Å². The van der Waals surface area contributed by atoms with Crippen molar-refractivity contribution in [1.29, 1.82) is 5.26 Å². The van der Waals surface area contributed by atoms with Gasteiger partial charge in [-0.25, -0.2) is 0 Å². The molecule has 0 aliphatic rings. The Labute approximate surface area is 142 Å². The Bertz CT molecular complexity index is 606. The Hall–Kier alpha value is -2.81. The van der Waals surface area contributed by atoms with E-state index in [1.807, 2.05) is 43.4 Å². The van der Waals surface area contributed by atoms with Crippen LogP contribution in [0.25, 0.3) is 0 Å². The van der Waals surface area contributed by atoms with Gasteiger partial charge >= 0.3 is 5.97 Å². The number of carbonyl (C=O) groups excluding carboxylic acids is 1. The van der Waals surface area contributed by atoms with Crippen molar-refractivity contribution in [2.75, 3.05) is 13.6 Å². The average Bonchev–Trinajstić information content (AvgIpc) is 2.56. The molecule has 0 aliphatic carbocycles. The van der Waals surface area contributed by atoms with Crippen LogP contribution in [0.5, 0.6) is 0 Å². The highest BCUT2D eigenvalue weighted by Gasteiger charge is 2.09. The van der Waals surface area contributed by atoms with Crippen LogP contribution in [0.15, 0.2) is 42.1 Å². The van der Waals surface area contributed by atoms with Gasteiger partial charge in [0.1, 0.15) is 11.6 Å². The minimum Gasteiger partial charge on any atom is -0.481 e. The minimum atomic E-state index is -0.810. The molecule has 1 rings (SSSR count). The number of carboxylic acids is 1. The lowest BCUT2D eigenvalue weighted by Gasteiger charge is -2.14. The van der Waals surface area contributed by atoms with E-state index in [-0.39, 0.29) is 12.0 Å². The summed E-state index contributed by atoms with van der Waals surface area (Å²) in [7, 11) is 1.81. The summed E-state index contributed by atoms with van der Waals surface area (Å²) in [6.07, 6.45) is 3.68. The maximum absolute atomic E-state index is 12.0. The lowest BCUT2D eigenvalue weighted by molar-refractivity contribution is -0.137. The van der Waals surface area contributed by atoms with Crippen LogP contribution >= 0.6 is 0 Å². The van der Waals surface area contributed by atoms with Gasteiger partial charge < -0.3 is 15.3 Å². The largest absolute Gasteiger partial charge is 0.481 e. The first-order valence-corrected chi connectivity index (χ1v) is 7.89. The molecule has 0 radical (unpaired) electrons. The van der Waals surface area contributed by atoms with Gasteiger partial charge in [-0.2, -0.15) is 5.26 Å². The Morgan fingerprint density at radius 1 is 1.25 bits per heavy atom. The van der Waals surface area contributed by atoms with Crippen molar-refractivity contribution in [2.45, 2.75) is 32.2 Å². The third kappa shape index (κ3) is 7.99. The van der Waals surface area contributed by atoms with Crippen LogP contribution in [0.4, 0.5) is 0 Å². The summed E-state index contributed by atoms with van der Waals surface area (Å²) in [5.74, 6) is -1.22. The number of hydrogen-bond acceptors (Lipinski definition) is 4. The summed E-state index contributed by atoms with van der Waals surface area (Å²) >= 11 is 0. The summed E-state index contributed by atoms with van der Waals surface area (Å²) in [4.78, 5) is 24.2. The van der Waals surface area contributed by atoms with E-state index in [0.717, 1.165) is 12.0 Å². The van der Waals surface area contributed by atoms with Crippen LogP contribution in [-0.4, -0.2) is 35.5 Å². The molecule has 0 spiro atoms. The molecule has 0 aromatic heterocycles. The minimum absolute atomic E-state index is 0.0546. The maximum Gasteiger partial charge on any atom is 0.303 e. The Balaban J connectivity index is 2.39. The summed E-state index contributed by atoms with van der Waals surface area (Å²) in [6, 6.07) is 11.7. The Kier molecular flexibility index (Phi) is 8.69. The smallest absolute Gasteiger partial charge is 0.303 e. The van der Waals surface area contributed by atoms with E-state index in [4.69, 9.17) is 10.4 Å². The van der Waals surface area contributed by atoms with E-state index < -0.39 is 11.9 Å². The highest BCUT2D eigenvalue weighted by molar-refractivity contribution is 5.97. The number of amides is 1. The molecule has 0 unspecified atom stereocenters. The molecule has 0 fully saturated rings. The third-order valence-corrected chi connectivity index (χ3v) is 3.34. The number of unbranched alkanes of at least 4 members (excludes halogenated alkanes) is 2. The number of carboxylic acid groups (broad SMARTS) is 1. The predicted molar refractivity (Wildman–Crippen MR) is 90.7 cm³/mol. The molecule has 0 atom stereocenters. The fraction of sp³-hybridized carbons (Fsp3) is 0.389. The molecule has 24 heavy (non-hydrogen) atoms. The van der Waals surface area contributed by atoms with Crippen LogP contribution in [0.2, 0.25) is 0 Å². The second kappa shape index (κ2) is 10.8. The zero-order valence-electron chi connectivity index (χ0n) is 13.9. The van der Waals surface area contributed by atoms with E-state index in [9.17, 15) is 9.59 Å². The molecule has 0 heterocycles. The van der Waals surface area contributed by atoms with Crippen LogP contribution in [0.1, 0.15) is 31.2 Å². The zero-order chi connectivity index (χ0) is 17.8. The molecule has 0 saturated carbocycles. The van der Waals surface area contributed by atoms with Gasteiger partial charge in [0.25, 0.3) is 5.91 Å². The summed E-state index contributed by atoms with van der Waals surface area (Å²) in [6.45, 7) is 1.04. The van der Waals surface area contributed by atoms with Crippen LogP contribution in [0, 0.1) is 11.3 Å². The van der Waals surface area contributed by atoms with Gasteiger partial charge in [-0.3, -0.25) is 9.59 Å². The zero-order valence-corrected chi connectivity index (χ0v) is 13.9. The SMILES string of the molecule is CN(/C=C(/C#N)C(=O)NCCCCCC(=O)O)Cc1ccccc1. The molecule has 1 aromatic carbocycles. The number of carbonyl (C=O) groups is 2. The Morgan fingerprint density at radius 2 is 1.96 bits per heavy atom. The first-order chi connectivity index (χ1) is 11.5. The Morgan fingerprint density at radius 3 is 2.58 bits per heavy atom. The molecule has 0 saturated heterocycles. The topological polar surface area (TPSA) is 93.4 Å². The van der Waals surface area contributed by atoms with Crippen LogP contribution in [0.3, 0.4) is 0 Å². The molecule has 1 aromatic rings. The summed E-state index contributed by atoms with van der Waals surface area (Å²) in [5.41, 5.74) is 1.14. The van der Waals surface area contributed by atoms with Gasteiger partial charge in [-0.1, -0.05) is 36.8 Å². The summed E-state index contributed by atoms with van der Waals surface area (Å²) in [5, 5.41) is 20.4. The van der Waals surface area contributed by atoms with Gasteiger partial charge in [0.15, 0.2) is 0 Å². The number of benzene rings is 1. The molecule has 128 valence electrons. The monoisotopic (exact) mass is 329 g/mol. The van der Waals surface area contributed by atoms with Gasteiger partial charge in [0.2, 0.25) is 0 Å². The van der Waals surface area contributed by atoms with Gasteiger partial charge in [0.05, 0.1) is 0 Å². The van der Waals surface area contributed by atoms with Gasteiger partial charge in [-0.05, 0) is 18.4 Å². The first kappa shape index (κ1) is 19.2. The number of rotatable bonds is 10. The maximum atomic E-state index is 12.0. The molecular weight excluding hydrogens is 306 g/mol. The number of hydrogen-bond donors (Lipinski definition) is 2. The highest BCUT2D eigenvalue weighted by Crippen LogP contribution is 2.05. The fourth-order valence-corrected chi connectivity index (χ4v) is 2.15. The van der Waals surface area contributed by atoms with E-state index >= 15 is 0 Å². The predicted octanol–water partition coefficient (Wildman–Crippen LogP) is 2.29. The first-order valence-electron chi connectivity index (χ1n) is 7.89. The van der Waals surface area contributed by atoms with Crippen molar-refractivity contribution in [3.63, 3.8) is 0 Å². The molecule has 0 bridgehead atoms. The number of aliphatic carboxylic acids is 1. The van der Waals surface area contributed by atoms with Gasteiger partial charge in [0, 0.05) is 32.8 Å². The van der Waals surface area contributed by atoms with E-state index in [1.165, 1.54) is 6.20 Å². The van der Waals surface area contributed by atoms with Crippen molar-refractivity contribution in [3.05, 3.63) is 47.7 Å². The summed E-state index contributed by atoms with van der Waals surface area (Å²) < 4.78 is 0. The van der Waals surface area contributed by atoms with E-state index in [2.05, 4.69) is 5.32 Å². The number of nitrogens with one attached hydrogen (secondary N) is 1. The van der Waals surface area contributed by atoms with Crippen molar-refractivity contribution in [2.24, 2.45) is 0 Å². The average molecular weight is 329 g/mol. The molecule has 6 nitrogen and oxygen atoms in total. The third-order valence-electron chi connectivity index (χ3n) is 3.34. The quantitative estimate of drug-likeness (QED) is 0.390. The lowest BCUT2D eigenvalue weighted by Crippen LogP contribution is -2.27. The van der Waals surface area contributed by atoms with Crippen molar-refractivity contribution in [3.8, 4) is 6.07 Å². The van der Waals surface area contributed by atoms with Crippen molar-refractivity contribution < 1.29 is 14.7 Å². The fourth-order valence-electron chi connectivity index (χ4n) is 2.15. The molecule has 1 amide bonds. The van der Waals surface area contributed by atoms with Crippen molar-refractivity contribution >= 4 is 11.9 Å². The normalized spacial score (nSPS) is 10.8. The standard InChI is InChI=1S/C18H23N3O3/c1-21(13-15-8-4-2-5-9-15)14-16(12-19)18(24)20-11-7-3-6-10-17(22)23/h2,4-5,8-9,14H,3,6-7,10-11,13H2,1H3,(H,20,24)(H,22,23)/b16-14-. The lowest BCUT2D eigenvalue weighted by atomic mass is 10.2. The molecule has 0 aliphatic heterocycles. The second-order valence-electron chi connectivity index (χ2n) is 5.52. The van der Waals surface area contributed by atoms with E-state index in [1.54, 1.807) is 4.90 Å². The number of nitrogens with zero attached hydrogens (tertiary/aromatic N) is 2. The molecule has 6 heteroatoms. The van der Waals surface area contributed by atoms with Gasteiger partial charge in [-0.15, -0.1) is 0 Å². The van der Waals surface area contributed by atoms with Crippen molar-refractivity contribution in [1.82, 2.24) is 10.2 Å². The molecular formula is C18H23N3O3. The van der Waals surface area contributed by atoms with E-state index in [0.29, 0.717) is 25.9 Å².